The van der Waals surface area contributed by atoms with E-state index in [1.54, 1.807) is 0 Å². The first-order valence-corrected chi connectivity index (χ1v) is 7.23. The first-order valence-electron chi connectivity index (χ1n) is 7.23. The number of pyridine rings is 1. The Kier molecular flexibility index (Phi) is 5.00. The summed E-state index contributed by atoms with van der Waals surface area (Å²) < 4.78 is 0. The van der Waals surface area contributed by atoms with Gasteiger partial charge in [-0.15, -0.1) is 0 Å². The molecule has 0 saturated carbocycles. The topological polar surface area (TPSA) is 42.2 Å². The van der Waals surface area contributed by atoms with Crippen LogP contribution in [0.2, 0.25) is 0 Å². The maximum Gasteiger partial charge on any atom is 0.0560 e. The molecule has 2 N–H and O–H groups in total. The molecule has 1 atom stereocenters. The fourth-order valence-corrected chi connectivity index (χ4v) is 2.89. The first kappa shape index (κ1) is 13.3. The van der Waals surface area contributed by atoms with Crippen LogP contribution >= 0.6 is 0 Å². The van der Waals surface area contributed by atoms with Crippen molar-refractivity contribution in [2.45, 2.75) is 45.6 Å². The fraction of sp³-hybridized carbons (Fsp3) is 0.667. The Morgan fingerprint density at radius 3 is 3.06 bits per heavy atom. The van der Waals surface area contributed by atoms with Gasteiger partial charge in [0.1, 0.15) is 0 Å². The average Bonchev–Trinajstić information content (AvgIpc) is 2.65. The van der Waals surface area contributed by atoms with Crippen molar-refractivity contribution in [3.63, 3.8) is 0 Å². The molecule has 1 aliphatic rings. The van der Waals surface area contributed by atoms with Crippen LogP contribution in [0.15, 0.2) is 18.3 Å². The molecule has 1 unspecified atom stereocenters. The summed E-state index contributed by atoms with van der Waals surface area (Å²) in [5.74, 6) is 0.927. The third kappa shape index (κ3) is 3.45. The van der Waals surface area contributed by atoms with E-state index in [-0.39, 0.29) is 0 Å². The van der Waals surface area contributed by atoms with Gasteiger partial charge in [0.05, 0.1) is 5.69 Å². The number of aromatic nitrogens is 1. The van der Waals surface area contributed by atoms with Gasteiger partial charge in [0, 0.05) is 31.5 Å². The molecule has 1 aromatic heterocycles. The third-order valence-corrected chi connectivity index (χ3v) is 3.92. The maximum atomic E-state index is 5.66. The van der Waals surface area contributed by atoms with Gasteiger partial charge in [-0.25, -0.2) is 0 Å². The van der Waals surface area contributed by atoms with Crippen molar-refractivity contribution in [3.05, 3.63) is 24.0 Å². The lowest BCUT2D eigenvalue weighted by molar-refractivity contribution is 0.435. The van der Waals surface area contributed by atoms with Crippen molar-refractivity contribution in [3.8, 4) is 0 Å². The largest absolute Gasteiger partial charge is 0.371 e. The molecule has 0 aliphatic carbocycles. The van der Waals surface area contributed by atoms with Gasteiger partial charge in [0.25, 0.3) is 0 Å². The van der Waals surface area contributed by atoms with E-state index in [1.807, 2.05) is 6.20 Å². The number of anilines is 1. The summed E-state index contributed by atoms with van der Waals surface area (Å²) in [4.78, 5) is 6.77. The van der Waals surface area contributed by atoms with E-state index >= 15 is 0 Å². The zero-order chi connectivity index (χ0) is 12.8. The molecule has 0 bridgehead atoms. The van der Waals surface area contributed by atoms with Gasteiger partial charge in [0.15, 0.2) is 0 Å². The highest BCUT2D eigenvalue weighted by Crippen LogP contribution is 2.25. The minimum absolute atomic E-state index is 0.528. The summed E-state index contributed by atoms with van der Waals surface area (Å²) >= 11 is 0. The highest BCUT2D eigenvalue weighted by atomic mass is 15.1. The smallest absolute Gasteiger partial charge is 0.0560 e. The van der Waals surface area contributed by atoms with Gasteiger partial charge < -0.3 is 10.6 Å². The maximum absolute atomic E-state index is 5.66. The number of hydrogen-bond donors (Lipinski definition) is 1. The van der Waals surface area contributed by atoms with E-state index < -0.39 is 0 Å². The molecular formula is C15H25N3. The van der Waals surface area contributed by atoms with Crippen molar-refractivity contribution >= 4 is 5.69 Å². The van der Waals surface area contributed by atoms with Crippen LogP contribution in [-0.2, 0) is 6.54 Å². The van der Waals surface area contributed by atoms with Crippen LogP contribution in [0.25, 0.3) is 0 Å². The summed E-state index contributed by atoms with van der Waals surface area (Å²) in [7, 11) is 0. The Morgan fingerprint density at radius 2 is 2.28 bits per heavy atom. The van der Waals surface area contributed by atoms with Crippen LogP contribution in [0.4, 0.5) is 5.69 Å². The normalized spacial score (nSPS) is 20.8. The Bertz CT molecular complexity index is 365. The van der Waals surface area contributed by atoms with Crippen molar-refractivity contribution < 1.29 is 0 Å². The van der Waals surface area contributed by atoms with Gasteiger partial charge in [-0.3, -0.25) is 4.98 Å². The van der Waals surface area contributed by atoms with E-state index in [9.17, 15) is 0 Å². The van der Waals surface area contributed by atoms with Crippen molar-refractivity contribution in [1.29, 1.82) is 0 Å². The molecule has 0 amide bonds. The zero-order valence-electron chi connectivity index (χ0n) is 11.4. The minimum atomic E-state index is 0.528. The molecule has 1 saturated heterocycles. The van der Waals surface area contributed by atoms with E-state index in [0.29, 0.717) is 6.54 Å². The number of hydrogen-bond acceptors (Lipinski definition) is 3. The van der Waals surface area contributed by atoms with Crippen LogP contribution in [0, 0.1) is 5.92 Å². The Balaban J connectivity index is 2.00. The summed E-state index contributed by atoms with van der Waals surface area (Å²) in [6, 6.07) is 4.25. The van der Waals surface area contributed by atoms with Gasteiger partial charge in [-0.2, -0.15) is 0 Å². The van der Waals surface area contributed by atoms with Crippen LogP contribution in [0.3, 0.4) is 0 Å². The van der Waals surface area contributed by atoms with Gasteiger partial charge in [-0.1, -0.05) is 19.8 Å². The summed E-state index contributed by atoms with van der Waals surface area (Å²) in [6.07, 6.45) is 8.61. The van der Waals surface area contributed by atoms with Crippen molar-refractivity contribution in [1.82, 2.24) is 4.98 Å². The predicted molar refractivity (Wildman–Crippen MR) is 76.6 cm³/mol. The number of nitrogens with two attached hydrogens (primary N) is 1. The number of nitrogens with zero attached hydrogens (tertiary/aromatic N) is 2. The predicted octanol–water partition coefficient (Wildman–Crippen LogP) is 2.95. The van der Waals surface area contributed by atoms with Crippen LogP contribution in [0.1, 0.15) is 44.7 Å². The molecule has 2 rings (SSSR count). The van der Waals surface area contributed by atoms with Crippen LogP contribution in [-0.4, -0.2) is 18.1 Å². The first-order chi connectivity index (χ1) is 8.83. The lowest BCUT2D eigenvalue weighted by Crippen LogP contribution is -2.24. The summed E-state index contributed by atoms with van der Waals surface area (Å²) in [5.41, 5.74) is 7.94. The lowest BCUT2D eigenvalue weighted by atomic mass is 9.96. The van der Waals surface area contributed by atoms with Crippen LogP contribution in [0.5, 0.6) is 0 Å². The van der Waals surface area contributed by atoms with Crippen LogP contribution < -0.4 is 10.6 Å². The molecule has 18 heavy (non-hydrogen) atoms. The van der Waals surface area contributed by atoms with Gasteiger partial charge >= 0.3 is 0 Å². The molecule has 1 aliphatic heterocycles. The molecule has 1 fully saturated rings. The molecule has 0 aromatic carbocycles. The highest BCUT2D eigenvalue weighted by molar-refractivity contribution is 5.46. The van der Waals surface area contributed by atoms with Crippen molar-refractivity contribution in [2.24, 2.45) is 11.7 Å². The van der Waals surface area contributed by atoms with Gasteiger partial charge in [-0.05, 0) is 37.3 Å². The van der Waals surface area contributed by atoms with E-state index in [1.165, 1.54) is 50.9 Å². The molecular weight excluding hydrogens is 222 g/mol. The third-order valence-electron chi connectivity index (χ3n) is 3.92. The Hall–Kier alpha value is -1.09. The van der Waals surface area contributed by atoms with E-state index in [2.05, 4.69) is 28.9 Å². The highest BCUT2D eigenvalue weighted by Gasteiger charge is 2.16. The fourth-order valence-electron chi connectivity index (χ4n) is 2.89. The molecule has 0 radical (unpaired) electrons. The second-order valence-electron chi connectivity index (χ2n) is 5.28. The SMILES string of the molecule is CCCC1CCCN(c2ccnc(CN)c2)CC1. The molecule has 2 heterocycles. The summed E-state index contributed by atoms with van der Waals surface area (Å²) in [5, 5.41) is 0. The Labute approximate surface area is 110 Å². The standard InChI is InChI=1S/C15H25N3/c1-2-4-13-5-3-9-18(10-7-13)15-6-8-17-14(11-15)12-16/h6,8,11,13H,2-5,7,9-10,12,16H2,1H3. The zero-order valence-corrected chi connectivity index (χ0v) is 11.4. The number of rotatable bonds is 4. The monoisotopic (exact) mass is 247 g/mol. The minimum Gasteiger partial charge on any atom is -0.371 e. The molecule has 100 valence electrons. The second-order valence-corrected chi connectivity index (χ2v) is 5.28. The van der Waals surface area contributed by atoms with Gasteiger partial charge in [0.2, 0.25) is 0 Å². The average molecular weight is 247 g/mol. The second kappa shape index (κ2) is 6.74. The quantitative estimate of drug-likeness (QED) is 0.889. The Morgan fingerprint density at radius 1 is 1.39 bits per heavy atom. The molecule has 1 aromatic rings. The lowest BCUT2D eigenvalue weighted by Gasteiger charge is -2.23. The van der Waals surface area contributed by atoms with E-state index in [4.69, 9.17) is 5.73 Å². The molecule has 3 heteroatoms. The van der Waals surface area contributed by atoms with Crippen molar-refractivity contribution in [2.75, 3.05) is 18.0 Å². The molecule has 0 spiro atoms. The summed E-state index contributed by atoms with van der Waals surface area (Å²) in [6.45, 7) is 5.17. The molecule has 3 nitrogen and oxygen atoms in total. The van der Waals surface area contributed by atoms with E-state index in [0.717, 1.165) is 11.6 Å².